The predicted octanol–water partition coefficient (Wildman–Crippen LogP) is 4.80. The summed E-state index contributed by atoms with van der Waals surface area (Å²) >= 11 is 0. The van der Waals surface area contributed by atoms with Crippen molar-refractivity contribution >= 4 is 5.82 Å². The van der Waals surface area contributed by atoms with Crippen molar-refractivity contribution in [3.05, 3.63) is 59.6 Å². The van der Waals surface area contributed by atoms with Crippen LogP contribution in [0.15, 0.2) is 54.0 Å². The first-order chi connectivity index (χ1) is 13.1. The van der Waals surface area contributed by atoms with Crippen LogP contribution in [0, 0.1) is 0 Å². The summed E-state index contributed by atoms with van der Waals surface area (Å²) in [5.74, 6) is 0.462. The second-order valence-corrected chi connectivity index (χ2v) is 6.42. The van der Waals surface area contributed by atoms with Gasteiger partial charge in [0.1, 0.15) is 12.0 Å². The number of nitrogens with two attached hydrogens (primary N) is 1. The molecule has 2 rings (SSSR count). The standard InChI is InChI=1S/C22H30N4O/c1-4-7-17-8-11-18(12-9-17)20-21(27)22(25-15-24-20)26-19(6-3)13-10-16(5-2)14-23/h8-13,15,27H,4-7,14,23H2,1-3H3,(H,24,25,26)/b16-10+,19-13+. The summed E-state index contributed by atoms with van der Waals surface area (Å²) in [6.07, 6.45) is 9.34. The van der Waals surface area contributed by atoms with Crippen LogP contribution in [0.2, 0.25) is 0 Å². The number of nitrogens with zero attached hydrogens (tertiary/aromatic N) is 2. The van der Waals surface area contributed by atoms with Gasteiger partial charge in [-0.05, 0) is 30.9 Å². The van der Waals surface area contributed by atoms with Gasteiger partial charge in [-0.2, -0.15) is 0 Å². The van der Waals surface area contributed by atoms with Gasteiger partial charge in [0.05, 0.1) is 0 Å². The van der Waals surface area contributed by atoms with Crippen molar-refractivity contribution in [1.82, 2.24) is 9.97 Å². The monoisotopic (exact) mass is 366 g/mol. The second kappa shape index (κ2) is 10.5. The topological polar surface area (TPSA) is 84.1 Å². The molecule has 0 unspecified atom stereocenters. The molecule has 0 bridgehead atoms. The van der Waals surface area contributed by atoms with Gasteiger partial charge in [0.2, 0.25) is 0 Å². The van der Waals surface area contributed by atoms with E-state index in [1.807, 2.05) is 31.2 Å². The third kappa shape index (κ3) is 5.66. The average molecular weight is 367 g/mol. The van der Waals surface area contributed by atoms with Crippen molar-refractivity contribution < 1.29 is 5.11 Å². The third-order valence-corrected chi connectivity index (χ3v) is 4.48. The van der Waals surface area contributed by atoms with E-state index in [-0.39, 0.29) is 5.75 Å². The van der Waals surface area contributed by atoms with Crippen molar-refractivity contribution in [3.8, 4) is 17.0 Å². The highest BCUT2D eigenvalue weighted by Crippen LogP contribution is 2.32. The van der Waals surface area contributed by atoms with E-state index in [2.05, 4.69) is 41.3 Å². The predicted molar refractivity (Wildman–Crippen MR) is 113 cm³/mol. The molecule has 27 heavy (non-hydrogen) atoms. The molecule has 0 aliphatic rings. The van der Waals surface area contributed by atoms with Gasteiger partial charge in [-0.25, -0.2) is 9.97 Å². The minimum Gasteiger partial charge on any atom is -0.503 e. The minimum atomic E-state index is 0.0543. The number of hydrogen-bond acceptors (Lipinski definition) is 5. The maximum absolute atomic E-state index is 10.7. The molecule has 0 radical (unpaired) electrons. The molecular weight excluding hydrogens is 336 g/mol. The number of aromatic nitrogens is 2. The Morgan fingerprint density at radius 3 is 2.41 bits per heavy atom. The van der Waals surface area contributed by atoms with Gasteiger partial charge in [-0.15, -0.1) is 0 Å². The molecule has 0 atom stereocenters. The minimum absolute atomic E-state index is 0.0543. The van der Waals surface area contributed by atoms with Crippen LogP contribution < -0.4 is 11.1 Å². The average Bonchev–Trinajstić information content (AvgIpc) is 2.70. The third-order valence-electron chi connectivity index (χ3n) is 4.48. The Hall–Kier alpha value is -2.66. The van der Waals surface area contributed by atoms with E-state index in [0.717, 1.165) is 36.9 Å². The van der Waals surface area contributed by atoms with E-state index in [4.69, 9.17) is 5.73 Å². The Balaban J connectivity index is 2.27. The summed E-state index contributed by atoms with van der Waals surface area (Å²) in [7, 11) is 0. The zero-order valence-corrected chi connectivity index (χ0v) is 16.5. The molecule has 0 aliphatic heterocycles. The zero-order chi connectivity index (χ0) is 19.6. The molecule has 2 aromatic rings. The SMILES string of the molecule is CCCc1ccc(-c2ncnc(N/C(=C/C=C(\CC)CN)CC)c2O)cc1. The summed E-state index contributed by atoms with van der Waals surface area (Å²) < 4.78 is 0. The van der Waals surface area contributed by atoms with Crippen LogP contribution >= 0.6 is 0 Å². The molecule has 0 spiro atoms. The lowest BCUT2D eigenvalue weighted by molar-refractivity contribution is 0.474. The Morgan fingerprint density at radius 2 is 1.81 bits per heavy atom. The second-order valence-electron chi connectivity index (χ2n) is 6.42. The lowest BCUT2D eigenvalue weighted by Crippen LogP contribution is -2.04. The molecular formula is C22H30N4O. The molecule has 144 valence electrons. The highest BCUT2D eigenvalue weighted by Gasteiger charge is 2.12. The first-order valence-electron chi connectivity index (χ1n) is 9.61. The molecule has 4 N–H and O–H groups in total. The number of benzene rings is 1. The van der Waals surface area contributed by atoms with Gasteiger partial charge in [-0.3, -0.25) is 0 Å². The largest absolute Gasteiger partial charge is 0.503 e. The molecule has 5 nitrogen and oxygen atoms in total. The number of aryl methyl sites for hydroxylation is 1. The number of rotatable bonds is 9. The quantitative estimate of drug-likeness (QED) is 0.555. The summed E-state index contributed by atoms with van der Waals surface area (Å²) in [6, 6.07) is 8.14. The van der Waals surface area contributed by atoms with Gasteiger partial charge < -0.3 is 16.2 Å². The van der Waals surface area contributed by atoms with Crippen LogP contribution in [0.25, 0.3) is 11.3 Å². The van der Waals surface area contributed by atoms with Crippen molar-refractivity contribution in [1.29, 1.82) is 0 Å². The highest BCUT2D eigenvalue weighted by molar-refractivity contribution is 5.72. The molecule has 0 amide bonds. The fourth-order valence-electron chi connectivity index (χ4n) is 2.75. The smallest absolute Gasteiger partial charge is 0.185 e. The molecule has 0 saturated carbocycles. The van der Waals surface area contributed by atoms with Crippen LogP contribution in [0.4, 0.5) is 5.82 Å². The zero-order valence-electron chi connectivity index (χ0n) is 16.5. The van der Waals surface area contributed by atoms with E-state index in [1.54, 1.807) is 0 Å². The fraction of sp³-hybridized carbons (Fsp3) is 0.364. The Bertz CT molecular complexity index is 788. The summed E-state index contributed by atoms with van der Waals surface area (Å²) in [6.45, 7) is 6.83. The number of aromatic hydroxyl groups is 1. The number of allylic oxidation sites excluding steroid dienone is 3. The Labute approximate surface area is 162 Å². The number of nitrogens with one attached hydrogen (secondary N) is 1. The van der Waals surface area contributed by atoms with Crippen molar-refractivity contribution in [2.24, 2.45) is 5.73 Å². The van der Waals surface area contributed by atoms with Gasteiger partial charge in [0, 0.05) is 17.8 Å². The molecule has 1 aromatic carbocycles. The van der Waals surface area contributed by atoms with Crippen molar-refractivity contribution in [3.63, 3.8) is 0 Å². The summed E-state index contributed by atoms with van der Waals surface area (Å²) in [5.41, 5.74) is 10.5. The van der Waals surface area contributed by atoms with Crippen LogP contribution in [0.1, 0.15) is 45.6 Å². The van der Waals surface area contributed by atoms with Gasteiger partial charge in [-0.1, -0.05) is 63.1 Å². The van der Waals surface area contributed by atoms with E-state index in [1.165, 1.54) is 17.5 Å². The highest BCUT2D eigenvalue weighted by atomic mass is 16.3. The van der Waals surface area contributed by atoms with Gasteiger partial charge >= 0.3 is 0 Å². The van der Waals surface area contributed by atoms with E-state index in [9.17, 15) is 5.11 Å². The van der Waals surface area contributed by atoms with Crippen LogP contribution in [-0.4, -0.2) is 21.6 Å². The molecule has 0 aliphatic carbocycles. The molecule has 5 heteroatoms. The van der Waals surface area contributed by atoms with Gasteiger partial charge in [0.25, 0.3) is 0 Å². The molecule has 0 saturated heterocycles. The van der Waals surface area contributed by atoms with E-state index < -0.39 is 0 Å². The lowest BCUT2D eigenvalue weighted by Gasteiger charge is -2.12. The van der Waals surface area contributed by atoms with Gasteiger partial charge in [0.15, 0.2) is 11.6 Å². The van der Waals surface area contributed by atoms with E-state index >= 15 is 0 Å². The maximum atomic E-state index is 10.7. The van der Waals surface area contributed by atoms with Crippen molar-refractivity contribution in [2.75, 3.05) is 11.9 Å². The normalized spacial score (nSPS) is 12.3. The van der Waals surface area contributed by atoms with Crippen LogP contribution in [0.3, 0.4) is 0 Å². The Morgan fingerprint density at radius 1 is 1.07 bits per heavy atom. The molecule has 1 heterocycles. The Kier molecular flexibility index (Phi) is 8.01. The number of hydrogen-bond donors (Lipinski definition) is 3. The van der Waals surface area contributed by atoms with Crippen LogP contribution in [-0.2, 0) is 6.42 Å². The van der Waals surface area contributed by atoms with Crippen molar-refractivity contribution in [2.45, 2.75) is 46.5 Å². The lowest BCUT2D eigenvalue weighted by atomic mass is 10.1. The van der Waals surface area contributed by atoms with Crippen LogP contribution in [0.5, 0.6) is 5.75 Å². The first kappa shape index (κ1) is 20.6. The fourth-order valence-corrected chi connectivity index (χ4v) is 2.75. The molecule has 1 aromatic heterocycles. The summed E-state index contributed by atoms with van der Waals surface area (Å²) in [4.78, 5) is 8.48. The number of anilines is 1. The first-order valence-corrected chi connectivity index (χ1v) is 9.61. The van der Waals surface area contributed by atoms with E-state index in [0.29, 0.717) is 18.1 Å². The maximum Gasteiger partial charge on any atom is 0.185 e. The molecule has 0 fully saturated rings. The summed E-state index contributed by atoms with van der Waals surface area (Å²) in [5, 5.41) is 13.9.